The summed E-state index contributed by atoms with van der Waals surface area (Å²) in [7, 11) is 1.68. The van der Waals surface area contributed by atoms with Gasteiger partial charge in [0.1, 0.15) is 5.56 Å². The second-order valence-electron chi connectivity index (χ2n) is 4.04. The molecule has 6 heteroatoms. The van der Waals surface area contributed by atoms with Crippen molar-refractivity contribution < 1.29 is 4.79 Å². The number of nitrogens with zero attached hydrogens (tertiary/aromatic N) is 3. The van der Waals surface area contributed by atoms with Crippen molar-refractivity contribution in [2.45, 2.75) is 19.9 Å². The molecule has 5 nitrogen and oxygen atoms in total. The predicted molar refractivity (Wildman–Crippen MR) is 66.6 cm³/mol. The lowest BCUT2D eigenvalue weighted by Crippen LogP contribution is -2.37. The van der Waals surface area contributed by atoms with Gasteiger partial charge in [-0.15, -0.1) is 11.3 Å². The van der Waals surface area contributed by atoms with Crippen LogP contribution in [0.1, 0.15) is 24.2 Å². The van der Waals surface area contributed by atoms with Crippen LogP contribution in [0.25, 0.3) is 4.96 Å². The number of carbonyl (C=O) groups excluding carboxylic acids is 1. The van der Waals surface area contributed by atoms with Gasteiger partial charge < -0.3 is 4.90 Å². The molecule has 0 aliphatic heterocycles. The topological polar surface area (TPSA) is 54.7 Å². The standard InChI is InChI=1S/C11H13N3O2S/c1-7(2)13(3)9(15)8-6-12-11-14(10(8)16)4-5-17-11/h4-7H,1-3H3. The Morgan fingerprint density at radius 3 is 2.88 bits per heavy atom. The summed E-state index contributed by atoms with van der Waals surface area (Å²) in [6, 6.07) is 0.0464. The Labute approximate surface area is 102 Å². The smallest absolute Gasteiger partial charge is 0.271 e. The molecule has 0 atom stereocenters. The largest absolute Gasteiger partial charge is 0.339 e. The van der Waals surface area contributed by atoms with Crippen LogP contribution in [0.3, 0.4) is 0 Å². The van der Waals surface area contributed by atoms with Gasteiger partial charge >= 0.3 is 0 Å². The highest BCUT2D eigenvalue weighted by molar-refractivity contribution is 7.15. The molecule has 0 bridgehead atoms. The van der Waals surface area contributed by atoms with Crippen molar-refractivity contribution in [2.75, 3.05) is 7.05 Å². The van der Waals surface area contributed by atoms with Crippen molar-refractivity contribution in [1.82, 2.24) is 14.3 Å². The van der Waals surface area contributed by atoms with Gasteiger partial charge in [-0.3, -0.25) is 14.0 Å². The van der Waals surface area contributed by atoms with Crippen LogP contribution in [0.2, 0.25) is 0 Å². The third kappa shape index (κ3) is 1.95. The fraction of sp³-hybridized carbons (Fsp3) is 0.364. The Morgan fingerprint density at radius 2 is 2.24 bits per heavy atom. The maximum atomic E-state index is 12.0. The van der Waals surface area contributed by atoms with Crippen LogP contribution in [-0.4, -0.2) is 33.3 Å². The molecule has 0 unspecified atom stereocenters. The molecule has 17 heavy (non-hydrogen) atoms. The van der Waals surface area contributed by atoms with Crippen molar-refractivity contribution in [3.63, 3.8) is 0 Å². The summed E-state index contributed by atoms with van der Waals surface area (Å²) in [5, 5.41) is 1.77. The zero-order valence-corrected chi connectivity index (χ0v) is 10.7. The molecule has 0 spiro atoms. The molecule has 2 rings (SSSR count). The molecule has 0 N–H and O–H groups in total. The van der Waals surface area contributed by atoms with E-state index in [2.05, 4.69) is 4.98 Å². The van der Waals surface area contributed by atoms with Crippen molar-refractivity contribution in [2.24, 2.45) is 0 Å². The fourth-order valence-electron chi connectivity index (χ4n) is 1.40. The fourth-order valence-corrected chi connectivity index (χ4v) is 2.07. The first-order chi connectivity index (χ1) is 8.02. The van der Waals surface area contributed by atoms with Crippen LogP contribution in [0.4, 0.5) is 0 Å². The quantitative estimate of drug-likeness (QED) is 0.807. The van der Waals surface area contributed by atoms with Crippen molar-refractivity contribution >= 4 is 22.2 Å². The summed E-state index contributed by atoms with van der Waals surface area (Å²) < 4.78 is 1.39. The second-order valence-corrected chi connectivity index (χ2v) is 4.92. The predicted octanol–water partition coefficient (Wildman–Crippen LogP) is 1.24. The van der Waals surface area contributed by atoms with Gasteiger partial charge in [0.25, 0.3) is 11.5 Å². The molecule has 0 aliphatic rings. The van der Waals surface area contributed by atoms with Gasteiger partial charge in [0.2, 0.25) is 0 Å². The van der Waals surface area contributed by atoms with Gasteiger partial charge in [-0.1, -0.05) is 0 Å². The van der Waals surface area contributed by atoms with E-state index < -0.39 is 0 Å². The Hall–Kier alpha value is -1.69. The molecule has 0 saturated heterocycles. The van der Waals surface area contributed by atoms with Crippen molar-refractivity contribution in [3.8, 4) is 0 Å². The molecule has 0 aliphatic carbocycles. The lowest BCUT2D eigenvalue weighted by Gasteiger charge is -2.20. The zero-order chi connectivity index (χ0) is 12.6. The van der Waals surface area contributed by atoms with E-state index >= 15 is 0 Å². The minimum Gasteiger partial charge on any atom is -0.339 e. The van der Waals surface area contributed by atoms with Gasteiger partial charge in [-0.2, -0.15) is 0 Å². The summed E-state index contributed by atoms with van der Waals surface area (Å²) in [5.41, 5.74) is -0.203. The van der Waals surface area contributed by atoms with Gasteiger partial charge in [-0.25, -0.2) is 4.98 Å². The number of hydrogen-bond donors (Lipinski definition) is 0. The lowest BCUT2D eigenvalue weighted by molar-refractivity contribution is 0.0752. The maximum absolute atomic E-state index is 12.0. The van der Waals surface area contributed by atoms with Crippen LogP contribution in [-0.2, 0) is 0 Å². The normalized spacial score (nSPS) is 11.1. The molecule has 0 fully saturated rings. The van der Waals surface area contributed by atoms with Crippen LogP contribution in [0.15, 0.2) is 22.6 Å². The molecule has 0 radical (unpaired) electrons. The van der Waals surface area contributed by atoms with Gasteiger partial charge in [0, 0.05) is 30.9 Å². The Bertz CT molecular complexity index is 614. The molecule has 2 aromatic heterocycles. The molecular formula is C11H13N3O2S. The van der Waals surface area contributed by atoms with E-state index in [-0.39, 0.29) is 23.1 Å². The van der Waals surface area contributed by atoms with Crippen LogP contribution in [0, 0.1) is 0 Å². The van der Waals surface area contributed by atoms with Crippen LogP contribution in [0.5, 0.6) is 0 Å². The number of fused-ring (bicyclic) bond motifs is 1. The first-order valence-electron chi connectivity index (χ1n) is 5.24. The summed E-state index contributed by atoms with van der Waals surface area (Å²) >= 11 is 1.36. The summed E-state index contributed by atoms with van der Waals surface area (Å²) in [4.78, 5) is 30.3. The molecule has 0 saturated carbocycles. The van der Waals surface area contributed by atoms with E-state index in [1.807, 2.05) is 13.8 Å². The third-order valence-electron chi connectivity index (χ3n) is 2.67. The average molecular weight is 251 g/mol. The Balaban J connectivity index is 2.53. The van der Waals surface area contributed by atoms with E-state index in [0.717, 1.165) is 0 Å². The first kappa shape index (κ1) is 11.8. The number of aromatic nitrogens is 2. The molecular weight excluding hydrogens is 238 g/mol. The van der Waals surface area contributed by atoms with E-state index in [1.165, 1.54) is 26.8 Å². The maximum Gasteiger partial charge on any atom is 0.271 e. The van der Waals surface area contributed by atoms with Crippen molar-refractivity contribution in [1.29, 1.82) is 0 Å². The second kappa shape index (κ2) is 4.29. The molecule has 2 aromatic rings. The molecule has 90 valence electrons. The average Bonchev–Trinajstić information content (AvgIpc) is 2.76. The van der Waals surface area contributed by atoms with Gasteiger partial charge in [0.05, 0.1) is 0 Å². The molecule has 2 heterocycles. The minimum absolute atomic E-state index is 0.0464. The highest BCUT2D eigenvalue weighted by Gasteiger charge is 2.19. The number of rotatable bonds is 2. The van der Waals surface area contributed by atoms with Gasteiger partial charge in [0.15, 0.2) is 4.96 Å². The Morgan fingerprint density at radius 1 is 1.53 bits per heavy atom. The highest BCUT2D eigenvalue weighted by Crippen LogP contribution is 2.07. The van der Waals surface area contributed by atoms with Gasteiger partial charge in [-0.05, 0) is 13.8 Å². The first-order valence-corrected chi connectivity index (χ1v) is 6.12. The number of amides is 1. The van der Waals surface area contributed by atoms with E-state index in [1.54, 1.807) is 18.6 Å². The number of thiazole rings is 1. The number of carbonyl (C=O) groups is 1. The lowest BCUT2D eigenvalue weighted by atomic mass is 10.2. The molecule has 1 amide bonds. The van der Waals surface area contributed by atoms with Crippen LogP contribution < -0.4 is 5.56 Å². The van der Waals surface area contributed by atoms with E-state index in [9.17, 15) is 9.59 Å². The highest BCUT2D eigenvalue weighted by atomic mass is 32.1. The summed E-state index contributed by atoms with van der Waals surface area (Å²) in [6.07, 6.45) is 2.98. The monoisotopic (exact) mass is 251 g/mol. The third-order valence-corrected chi connectivity index (χ3v) is 3.44. The minimum atomic E-state index is -0.311. The SMILES string of the molecule is CC(C)N(C)C(=O)c1cnc2sccn2c1=O. The number of hydrogen-bond acceptors (Lipinski definition) is 4. The summed E-state index contributed by atoms with van der Waals surface area (Å²) in [5.74, 6) is -0.293. The zero-order valence-electron chi connectivity index (χ0n) is 9.88. The molecule has 0 aromatic carbocycles. The Kier molecular flexibility index (Phi) is 2.97. The van der Waals surface area contributed by atoms with Crippen molar-refractivity contribution in [3.05, 3.63) is 33.7 Å². The van der Waals surface area contributed by atoms with Crippen LogP contribution >= 0.6 is 11.3 Å². The van der Waals surface area contributed by atoms with E-state index in [4.69, 9.17) is 0 Å². The summed E-state index contributed by atoms with van der Waals surface area (Å²) in [6.45, 7) is 3.79. The van der Waals surface area contributed by atoms with E-state index in [0.29, 0.717) is 4.96 Å².